The lowest BCUT2D eigenvalue weighted by Crippen LogP contribution is -2.52. The first-order valence-electron chi connectivity index (χ1n) is 7.76. The number of furan rings is 1. The molecule has 1 amide bonds. The topological polar surface area (TPSA) is 77.8 Å². The molecule has 0 saturated carbocycles. The van der Waals surface area contributed by atoms with Crippen LogP contribution in [0.4, 0.5) is 0 Å². The summed E-state index contributed by atoms with van der Waals surface area (Å²) in [5.41, 5.74) is -1.10. The average molecular weight is 410 g/mol. The number of esters is 1. The monoisotopic (exact) mass is 409 g/mol. The molecular formula is C18H20BrNO5. The van der Waals surface area contributed by atoms with Crippen LogP contribution in [0.1, 0.15) is 36.6 Å². The van der Waals surface area contributed by atoms with Crippen LogP contribution in [0.3, 0.4) is 0 Å². The molecule has 1 aromatic heterocycles. The SMILES string of the molecule is CCC(C)(NC(=O)c1ccc(COc2ccc(Br)cc2)o1)C(=O)OC. The number of nitrogens with one attached hydrogen (secondary N) is 1. The average Bonchev–Trinajstić information content (AvgIpc) is 3.09. The number of ether oxygens (including phenoxy) is 2. The minimum Gasteiger partial charge on any atom is -0.486 e. The summed E-state index contributed by atoms with van der Waals surface area (Å²) >= 11 is 3.35. The molecule has 7 heteroatoms. The standard InChI is InChI=1S/C18H20BrNO5/c1-4-18(2,17(22)23-3)20-16(21)15-10-9-14(25-15)11-24-13-7-5-12(19)6-8-13/h5-10H,4,11H2,1-3H3,(H,20,21). The van der Waals surface area contributed by atoms with E-state index in [2.05, 4.69) is 21.2 Å². The summed E-state index contributed by atoms with van der Waals surface area (Å²) in [4.78, 5) is 24.1. The van der Waals surface area contributed by atoms with Gasteiger partial charge in [0.25, 0.3) is 5.91 Å². The Bertz CT molecular complexity index is 740. The maximum absolute atomic E-state index is 12.3. The van der Waals surface area contributed by atoms with Gasteiger partial charge in [-0.25, -0.2) is 4.79 Å². The number of benzene rings is 1. The lowest BCUT2D eigenvalue weighted by molar-refractivity contribution is -0.147. The van der Waals surface area contributed by atoms with Crippen molar-refractivity contribution in [3.8, 4) is 5.75 Å². The highest BCUT2D eigenvalue weighted by Gasteiger charge is 2.35. The molecule has 2 rings (SSSR count). The van der Waals surface area contributed by atoms with E-state index in [4.69, 9.17) is 13.9 Å². The lowest BCUT2D eigenvalue weighted by atomic mass is 9.99. The third-order valence-electron chi connectivity index (χ3n) is 3.81. The Morgan fingerprint density at radius 3 is 2.48 bits per heavy atom. The Labute approximate surface area is 154 Å². The predicted molar refractivity (Wildman–Crippen MR) is 95.4 cm³/mol. The second-order valence-corrected chi connectivity index (χ2v) is 6.56. The van der Waals surface area contributed by atoms with Gasteiger partial charge in [0, 0.05) is 4.47 Å². The fourth-order valence-electron chi connectivity index (χ4n) is 2.08. The molecule has 0 radical (unpaired) electrons. The van der Waals surface area contributed by atoms with Gasteiger partial charge in [0.15, 0.2) is 5.76 Å². The van der Waals surface area contributed by atoms with Gasteiger partial charge in [0.05, 0.1) is 7.11 Å². The second kappa shape index (κ2) is 8.20. The zero-order valence-electron chi connectivity index (χ0n) is 14.3. The quantitative estimate of drug-likeness (QED) is 0.705. The van der Waals surface area contributed by atoms with Crippen LogP contribution < -0.4 is 10.1 Å². The van der Waals surface area contributed by atoms with E-state index in [9.17, 15) is 9.59 Å². The van der Waals surface area contributed by atoms with Gasteiger partial charge in [-0.15, -0.1) is 0 Å². The van der Waals surface area contributed by atoms with Crippen molar-refractivity contribution in [2.45, 2.75) is 32.4 Å². The molecule has 1 N–H and O–H groups in total. The van der Waals surface area contributed by atoms with E-state index in [0.29, 0.717) is 17.9 Å². The lowest BCUT2D eigenvalue weighted by Gasteiger charge is -2.25. The molecule has 0 bridgehead atoms. The number of hydrogen-bond donors (Lipinski definition) is 1. The Morgan fingerprint density at radius 1 is 1.20 bits per heavy atom. The van der Waals surface area contributed by atoms with Crippen molar-refractivity contribution in [2.75, 3.05) is 7.11 Å². The summed E-state index contributed by atoms with van der Waals surface area (Å²) in [5, 5.41) is 2.65. The molecule has 6 nitrogen and oxygen atoms in total. The first-order valence-corrected chi connectivity index (χ1v) is 8.55. The molecule has 1 atom stereocenters. The van der Waals surface area contributed by atoms with Gasteiger partial charge in [-0.2, -0.15) is 0 Å². The summed E-state index contributed by atoms with van der Waals surface area (Å²) in [5.74, 6) is 0.315. The van der Waals surface area contributed by atoms with Crippen LogP contribution >= 0.6 is 15.9 Å². The molecule has 0 aliphatic carbocycles. The minimum atomic E-state index is -1.10. The molecule has 1 aromatic carbocycles. The number of carbonyl (C=O) groups is 2. The maximum atomic E-state index is 12.3. The number of hydrogen-bond acceptors (Lipinski definition) is 5. The number of carbonyl (C=O) groups excluding carboxylic acids is 2. The van der Waals surface area contributed by atoms with Crippen LogP contribution in [-0.4, -0.2) is 24.5 Å². The first-order chi connectivity index (χ1) is 11.9. The van der Waals surface area contributed by atoms with Crippen LogP contribution in [0.2, 0.25) is 0 Å². The van der Waals surface area contributed by atoms with E-state index in [1.165, 1.54) is 7.11 Å². The maximum Gasteiger partial charge on any atom is 0.331 e. The van der Waals surface area contributed by atoms with E-state index in [1.54, 1.807) is 26.0 Å². The van der Waals surface area contributed by atoms with Gasteiger partial charge < -0.3 is 19.2 Å². The molecule has 0 fully saturated rings. The number of amides is 1. The number of rotatable bonds is 7. The molecule has 0 aliphatic rings. The van der Waals surface area contributed by atoms with Gasteiger partial charge in [-0.3, -0.25) is 4.79 Å². The van der Waals surface area contributed by atoms with Crippen LogP contribution in [0.5, 0.6) is 5.75 Å². The highest BCUT2D eigenvalue weighted by molar-refractivity contribution is 9.10. The van der Waals surface area contributed by atoms with Crippen molar-refractivity contribution in [2.24, 2.45) is 0 Å². The van der Waals surface area contributed by atoms with Gasteiger partial charge in [-0.1, -0.05) is 22.9 Å². The summed E-state index contributed by atoms with van der Waals surface area (Å²) in [6.07, 6.45) is 0.395. The molecule has 0 spiro atoms. The Kier molecular flexibility index (Phi) is 6.25. The van der Waals surface area contributed by atoms with Crippen LogP contribution in [0.25, 0.3) is 0 Å². The molecule has 134 valence electrons. The van der Waals surface area contributed by atoms with E-state index in [1.807, 2.05) is 24.3 Å². The van der Waals surface area contributed by atoms with Crippen molar-refractivity contribution in [3.05, 3.63) is 52.4 Å². The molecular weight excluding hydrogens is 390 g/mol. The molecule has 0 aliphatic heterocycles. The van der Waals surface area contributed by atoms with Crippen LogP contribution in [0, 0.1) is 0 Å². The normalized spacial score (nSPS) is 13.0. The van der Waals surface area contributed by atoms with E-state index < -0.39 is 17.4 Å². The van der Waals surface area contributed by atoms with Crippen molar-refractivity contribution in [1.29, 1.82) is 0 Å². The first kappa shape index (κ1) is 19.1. The third kappa shape index (κ3) is 4.85. The summed E-state index contributed by atoms with van der Waals surface area (Å²) in [6.45, 7) is 3.59. The van der Waals surface area contributed by atoms with E-state index in [-0.39, 0.29) is 12.4 Å². The van der Waals surface area contributed by atoms with Gasteiger partial charge >= 0.3 is 5.97 Å². The number of methoxy groups -OCH3 is 1. The zero-order chi connectivity index (χ0) is 18.4. The van der Waals surface area contributed by atoms with Crippen LogP contribution in [0.15, 0.2) is 45.3 Å². The van der Waals surface area contributed by atoms with Crippen molar-refractivity contribution < 1.29 is 23.5 Å². The Balaban J connectivity index is 1.98. The highest BCUT2D eigenvalue weighted by Crippen LogP contribution is 2.19. The Hall–Kier alpha value is -2.28. The predicted octanol–water partition coefficient (Wildman–Crippen LogP) is 3.69. The minimum absolute atomic E-state index is 0.109. The number of halogens is 1. The fourth-order valence-corrected chi connectivity index (χ4v) is 2.35. The van der Waals surface area contributed by atoms with Gasteiger partial charge in [0.2, 0.25) is 0 Å². The molecule has 0 saturated heterocycles. The molecule has 1 heterocycles. The summed E-state index contributed by atoms with van der Waals surface area (Å²) < 4.78 is 16.8. The zero-order valence-corrected chi connectivity index (χ0v) is 15.9. The van der Waals surface area contributed by atoms with E-state index in [0.717, 1.165) is 4.47 Å². The molecule has 25 heavy (non-hydrogen) atoms. The highest BCUT2D eigenvalue weighted by atomic mass is 79.9. The molecule has 2 aromatic rings. The largest absolute Gasteiger partial charge is 0.486 e. The molecule has 1 unspecified atom stereocenters. The second-order valence-electron chi connectivity index (χ2n) is 5.64. The third-order valence-corrected chi connectivity index (χ3v) is 4.34. The smallest absolute Gasteiger partial charge is 0.331 e. The van der Waals surface area contributed by atoms with E-state index >= 15 is 0 Å². The summed E-state index contributed by atoms with van der Waals surface area (Å²) in [6, 6.07) is 10.6. The summed E-state index contributed by atoms with van der Waals surface area (Å²) in [7, 11) is 1.28. The van der Waals surface area contributed by atoms with Gasteiger partial charge in [-0.05, 0) is 49.7 Å². The van der Waals surface area contributed by atoms with Gasteiger partial charge in [0.1, 0.15) is 23.7 Å². The Morgan fingerprint density at radius 2 is 1.88 bits per heavy atom. The van der Waals surface area contributed by atoms with Crippen molar-refractivity contribution >= 4 is 27.8 Å². The van der Waals surface area contributed by atoms with Crippen molar-refractivity contribution in [3.63, 3.8) is 0 Å². The van der Waals surface area contributed by atoms with Crippen molar-refractivity contribution in [1.82, 2.24) is 5.32 Å². The fraction of sp³-hybridized carbons (Fsp3) is 0.333. The van der Waals surface area contributed by atoms with Crippen LogP contribution in [-0.2, 0) is 16.1 Å².